The van der Waals surface area contributed by atoms with E-state index in [1.54, 1.807) is 43.1 Å². The number of nitrogens with one attached hydrogen (secondary N) is 2. The van der Waals surface area contributed by atoms with Crippen molar-refractivity contribution in [3.8, 4) is 5.75 Å². The van der Waals surface area contributed by atoms with Gasteiger partial charge in [-0.05, 0) is 36.1 Å². The van der Waals surface area contributed by atoms with E-state index >= 15 is 0 Å². The van der Waals surface area contributed by atoms with Crippen LogP contribution in [0.15, 0.2) is 24.3 Å². The molecule has 8 nitrogen and oxygen atoms in total. The topological polar surface area (TPSA) is 108 Å². The third-order valence-corrected chi connectivity index (χ3v) is 4.90. The van der Waals surface area contributed by atoms with E-state index < -0.39 is 18.0 Å². The fourth-order valence-electron chi connectivity index (χ4n) is 2.72. The summed E-state index contributed by atoms with van der Waals surface area (Å²) >= 11 is 1.62. The number of aliphatic hydroxyl groups excluding tert-OH is 1. The first-order chi connectivity index (χ1) is 13.0. The third kappa shape index (κ3) is 5.86. The van der Waals surface area contributed by atoms with E-state index in [0.717, 1.165) is 16.2 Å². The molecule has 1 saturated heterocycles. The van der Waals surface area contributed by atoms with Gasteiger partial charge in [-0.1, -0.05) is 12.1 Å². The van der Waals surface area contributed by atoms with E-state index in [9.17, 15) is 19.5 Å². The minimum Gasteiger partial charge on any atom is -0.497 e. The molecule has 2 atom stereocenters. The summed E-state index contributed by atoms with van der Waals surface area (Å²) < 4.78 is 5.08. The van der Waals surface area contributed by atoms with E-state index in [1.807, 2.05) is 6.26 Å². The highest BCUT2D eigenvalue weighted by molar-refractivity contribution is 7.98. The van der Waals surface area contributed by atoms with Crippen LogP contribution in [0, 0.1) is 0 Å². The molecule has 0 spiro atoms. The van der Waals surface area contributed by atoms with Gasteiger partial charge in [-0.25, -0.2) is 4.79 Å². The van der Waals surface area contributed by atoms with Crippen LogP contribution in [0.2, 0.25) is 0 Å². The third-order valence-electron chi connectivity index (χ3n) is 4.25. The molecule has 1 aromatic rings. The Kier molecular flexibility index (Phi) is 7.93. The lowest BCUT2D eigenvalue weighted by molar-refractivity contribution is -0.131. The van der Waals surface area contributed by atoms with Crippen molar-refractivity contribution in [2.75, 3.05) is 25.7 Å². The first kappa shape index (κ1) is 21.0. The molecule has 0 radical (unpaired) electrons. The van der Waals surface area contributed by atoms with Crippen molar-refractivity contribution in [3.63, 3.8) is 0 Å². The normalized spacial score (nSPS) is 17.6. The van der Waals surface area contributed by atoms with Crippen LogP contribution >= 0.6 is 11.8 Å². The number of carbonyl (C=O) groups is 3. The summed E-state index contributed by atoms with van der Waals surface area (Å²) in [6, 6.07) is 5.29. The van der Waals surface area contributed by atoms with Crippen molar-refractivity contribution in [2.24, 2.45) is 0 Å². The summed E-state index contributed by atoms with van der Waals surface area (Å²) in [6.45, 7) is -0.0410. The van der Waals surface area contributed by atoms with Gasteiger partial charge in [-0.2, -0.15) is 11.8 Å². The minimum atomic E-state index is -0.893. The van der Waals surface area contributed by atoms with Crippen molar-refractivity contribution in [1.29, 1.82) is 0 Å². The predicted octanol–water partition coefficient (Wildman–Crippen LogP) is 0.736. The van der Waals surface area contributed by atoms with Crippen molar-refractivity contribution >= 4 is 29.6 Å². The first-order valence-corrected chi connectivity index (χ1v) is 10.0. The zero-order valence-corrected chi connectivity index (χ0v) is 16.3. The van der Waals surface area contributed by atoms with Crippen LogP contribution in [0.4, 0.5) is 4.79 Å². The average Bonchev–Trinajstić information content (AvgIpc) is 2.93. The first-order valence-electron chi connectivity index (χ1n) is 8.62. The number of hydrogen-bond acceptors (Lipinski definition) is 6. The molecule has 2 rings (SSSR count). The molecule has 0 aromatic heterocycles. The molecular weight excluding hydrogens is 370 g/mol. The van der Waals surface area contributed by atoms with Crippen LogP contribution in [0.3, 0.4) is 0 Å². The second-order valence-corrected chi connectivity index (χ2v) is 7.19. The van der Waals surface area contributed by atoms with Gasteiger partial charge in [-0.15, -0.1) is 0 Å². The minimum absolute atomic E-state index is 0.125. The van der Waals surface area contributed by atoms with E-state index in [-0.39, 0.29) is 31.5 Å². The number of aliphatic hydroxyl groups is 1. The number of nitrogens with zero attached hydrogens (tertiary/aromatic N) is 1. The summed E-state index contributed by atoms with van der Waals surface area (Å²) in [4.78, 5) is 37.9. The molecule has 0 bridgehead atoms. The highest BCUT2D eigenvalue weighted by atomic mass is 32.2. The molecule has 0 aliphatic carbocycles. The molecule has 4 amide bonds. The Morgan fingerprint density at radius 3 is 2.67 bits per heavy atom. The van der Waals surface area contributed by atoms with Crippen molar-refractivity contribution in [1.82, 2.24) is 15.5 Å². The number of benzene rings is 1. The standard InChI is InChI=1S/C18H25N3O5S/c1-26-14-5-3-12(4-6-14)10-21-17(24)15(20-18(21)25)9-16(23)19-13(11-22)7-8-27-2/h3-6,13,15,22H,7-11H2,1-2H3,(H,19,23)(H,20,25). The summed E-state index contributed by atoms with van der Waals surface area (Å²) in [5, 5.41) is 14.6. The molecule has 148 valence electrons. The molecule has 27 heavy (non-hydrogen) atoms. The molecule has 1 aromatic carbocycles. The van der Waals surface area contributed by atoms with Gasteiger partial charge in [0.1, 0.15) is 11.8 Å². The monoisotopic (exact) mass is 395 g/mol. The lowest BCUT2D eigenvalue weighted by Crippen LogP contribution is -2.42. The number of amides is 4. The SMILES string of the molecule is COc1ccc(CN2C(=O)NC(CC(=O)NC(CO)CCSC)C2=O)cc1. The molecule has 1 fully saturated rings. The van der Waals surface area contributed by atoms with Crippen molar-refractivity contribution < 1.29 is 24.2 Å². The van der Waals surface area contributed by atoms with Crippen LogP contribution in [0.25, 0.3) is 0 Å². The number of urea groups is 1. The molecule has 2 unspecified atom stereocenters. The van der Waals surface area contributed by atoms with E-state index in [2.05, 4.69) is 10.6 Å². The maximum absolute atomic E-state index is 12.5. The van der Waals surface area contributed by atoms with E-state index in [4.69, 9.17) is 4.74 Å². The van der Waals surface area contributed by atoms with Gasteiger partial charge in [-0.3, -0.25) is 14.5 Å². The molecular formula is C18H25N3O5S. The van der Waals surface area contributed by atoms with Gasteiger partial charge >= 0.3 is 6.03 Å². The molecule has 0 saturated carbocycles. The molecule has 1 aliphatic heterocycles. The van der Waals surface area contributed by atoms with Gasteiger partial charge in [0.15, 0.2) is 0 Å². The Morgan fingerprint density at radius 1 is 1.37 bits per heavy atom. The van der Waals surface area contributed by atoms with Crippen LogP contribution in [-0.4, -0.2) is 65.7 Å². The van der Waals surface area contributed by atoms with Crippen LogP contribution in [-0.2, 0) is 16.1 Å². The van der Waals surface area contributed by atoms with Gasteiger partial charge in [0, 0.05) is 0 Å². The van der Waals surface area contributed by atoms with Crippen LogP contribution in [0.5, 0.6) is 5.75 Å². The van der Waals surface area contributed by atoms with Gasteiger partial charge in [0.25, 0.3) is 5.91 Å². The second kappa shape index (κ2) is 10.2. The number of methoxy groups -OCH3 is 1. The molecule has 1 heterocycles. The number of carbonyl (C=O) groups excluding carboxylic acids is 3. The zero-order chi connectivity index (χ0) is 19.8. The average molecular weight is 395 g/mol. The van der Waals surface area contributed by atoms with Crippen molar-refractivity contribution in [3.05, 3.63) is 29.8 Å². The smallest absolute Gasteiger partial charge is 0.325 e. The maximum atomic E-state index is 12.5. The fraction of sp³-hybridized carbons (Fsp3) is 0.500. The summed E-state index contributed by atoms with van der Waals surface area (Å²) in [7, 11) is 1.56. The Labute approximate surface area is 162 Å². The molecule has 1 aliphatic rings. The predicted molar refractivity (Wildman–Crippen MR) is 102 cm³/mol. The highest BCUT2D eigenvalue weighted by Gasteiger charge is 2.39. The van der Waals surface area contributed by atoms with E-state index in [1.165, 1.54) is 0 Å². The quantitative estimate of drug-likeness (QED) is 0.504. The Hall–Kier alpha value is -2.26. The molecule has 3 N–H and O–H groups in total. The lowest BCUT2D eigenvalue weighted by atomic mass is 10.1. The Morgan fingerprint density at radius 2 is 2.07 bits per heavy atom. The largest absolute Gasteiger partial charge is 0.497 e. The fourth-order valence-corrected chi connectivity index (χ4v) is 3.24. The number of hydrogen-bond donors (Lipinski definition) is 3. The number of thioether (sulfide) groups is 1. The number of rotatable bonds is 10. The van der Waals surface area contributed by atoms with Gasteiger partial charge in [0.2, 0.25) is 5.91 Å². The van der Waals surface area contributed by atoms with Crippen LogP contribution in [0.1, 0.15) is 18.4 Å². The Balaban J connectivity index is 1.91. The van der Waals surface area contributed by atoms with Crippen LogP contribution < -0.4 is 15.4 Å². The highest BCUT2D eigenvalue weighted by Crippen LogP contribution is 2.17. The van der Waals surface area contributed by atoms with Crippen molar-refractivity contribution in [2.45, 2.75) is 31.5 Å². The number of imide groups is 1. The van der Waals surface area contributed by atoms with Gasteiger partial charge in [0.05, 0.1) is 32.7 Å². The summed E-state index contributed by atoms with van der Waals surface area (Å²) in [5.41, 5.74) is 0.779. The van der Waals surface area contributed by atoms with Gasteiger partial charge < -0.3 is 20.5 Å². The summed E-state index contributed by atoms with van der Waals surface area (Å²) in [6.07, 6.45) is 2.43. The molecule has 9 heteroatoms. The number of ether oxygens (including phenoxy) is 1. The summed E-state index contributed by atoms with van der Waals surface area (Å²) in [5.74, 6) is 0.682. The zero-order valence-electron chi connectivity index (χ0n) is 15.4. The Bertz CT molecular complexity index is 667. The van der Waals surface area contributed by atoms with E-state index in [0.29, 0.717) is 12.2 Å². The second-order valence-electron chi connectivity index (χ2n) is 6.21. The maximum Gasteiger partial charge on any atom is 0.325 e. The lowest BCUT2D eigenvalue weighted by Gasteiger charge is -2.17.